The van der Waals surface area contributed by atoms with Gasteiger partial charge in [-0.05, 0) is 42.9 Å². The SMILES string of the molecule is NC[C@H]1CCCCN1c1nsc2ccccc12. The second kappa shape index (κ2) is 4.63. The molecule has 1 aliphatic heterocycles. The average Bonchev–Trinajstić information content (AvgIpc) is 2.82. The lowest BCUT2D eigenvalue weighted by Gasteiger charge is -2.35. The number of rotatable bonds is 2. The van der Waals surface area contributed by atoms with E-state index in [0.717, 1.165) is 18.9 Å². The van der Waals surface area contributed by atoms with Gasteiger partial charge in [0.15, 0.2) is 0 Å². The minimum atomic E-state index is 0.467. The Morgan fingerprint density at radius 2 is 2.24 bits per heavy atom. The monoisotopic (exact) mass is 247 g/mol. The highest BCUT2D eigenvalue weighted by Gasteiger charge is 2.24. The van der Waals surface area contributed by atoms with E-state index in [1.807, 2.05) is 0 Å². The molecule has 4 heteroatoms. The van der Waals surface area contributed by atoms with Crippen LogP contribution in [-0.2, 0) is 0 Å². The maximum atomic E-state index is 5.88. The van der Waals surface area contributed by atoms with E-state index in [2.05, 4.69) is 33.5 Å². The Morgan fingerprint density at radius 3 is 3.12 bits per heavy atom. The highest BCUT2D eigenvalue weighted by atomic mass is 32.1. The van der Waals surface area contributed by atoms with Crippen molar-refractivity contribution in [2.75, 3.05) is 18.0 Å². The van der Waals surface area contributed by atoms with Gasteiger partial charge in [0.25, 0.3) is 0 Å². The van der Waals surface area contributed by atoms with E-state index < -0.39 is 0 Å². The van der Waals surface area contributed by atoms with Gasteiger partial charge in [-0.3, -0.25) is 0 Å². The molecule has 1 fully saturated rings. The van der Waals surface area contributed by atoms with Crippen LogP contribution >= 0.6 is 11.5 Å². The number of nitrogens with two attached hydrogens (primary N) is 1. The molecular weight excluding hydrogens is 230 g/mol. The molecule has 3 rings (SSSR count). The number of anilines is 1. The number of aromatic nitrogens is 1. The number of piperidine rings is 1. The van der Waals surface area contributed by atoms with Gasteiger partial charge in [0, 0.05) is 24.5 Å². The number of hydrogen-bond donors (Lipinski definition) is 1. The molecule has 1 aliphatic rings. The van der Waals surface area contributed by atoms with Crippen molar-refractivity contribution in [1.29, 1.82) is 0 Å². The van der Waals surface area contributed by atoms with Gasteiger partial charge in [-0.1, -0.05) is 12.1 Å². The van der Waals surface area contributed by atoms with Crippen LogP contribution in [0.5, 0.6) is 0 Å². The third-order valence-electron chi connectivity index (χ3n) is 3.53. The predicted molar refractivity (Wildman–Crippen MR) is 73.7 cm³/mol. The van der Waals surface area contributed by atoms with Gasteiger partial charge in [0.05, 0.1) is 4.70 Å². The van der Waals surface area contributed by atoms with Gasteiger partial charge in [-0.25, -0.2) is 0 Å². The van der Waals surface area contributed by atoms with E-state index in [4.69, 9.17) is 5.73 Å². The highest BCUT2D eigenvalue weighted by Crippen LogP contribution is 2.32. The maximum Gasteiger partial charge on any atom is 0.150 e. The summed E-state index contributed by atoms with van der Waals surface area (Å²) >= 11 is 1.59. The summed E-state index contributed by atoms with van der Waals surface area (Å²) in [7, 11) is 0. The first-order chi connectivity index (χ1) is 8.40. The van der Waals surface area contributed by atoms with E-state index in [1.54, 1.807) is 11.5 Å². The molecule has 17 heavy (non-hydrogen) atoms. The van der Waals surface area contributed by atoms with Crippen LogP contribution in [0.15, 0.2) is 24.3 Å². The topological polar surface area (TPSA) is 42.1 Å². The summed E-state index contributed by atoms with van der Waals surface area (Å²) in [5.41, 5.74) is 5.88. The van der Waals surface area contributed by atoms with Gasteiger partial charge in [-0.15, -0.1) is 0 Å². The molecule has 1 saturated heterocycles. The fraction of sp³-hybridized carbons (Fsp3) is 0.462. The van der Waals surface area contributed by atoms with Crippen molar-refractivity contribution >= 4 is 27.4 Å². The standard InChI is InChI=1S/C13H17N3S/c14-9-10-5-3-4-8-16(10)13-11-6-1-2-7-12(11)17-15-13/h1-2,6-7,10H,3-5,8-9,14H2/t10-/m1/s1. The fourth-order valence-electron chi connectivity index (χ4n) is 2.60. The van der Waals surface area contributed by atoms with E-state index in [9.17, 15) is 0 Å². The van der Waals surface area contributed by atoms with Crippen LogP contribution in [0, 0.1) is 0 Å². The lowest BCUT2D eigenvalue weighted by molar-refractivity contribution is 0.464. The molecule has 0 spiro atoms. The van der Waals surface area contributed by atoms with Crippen molar-refractivity contribution < 1.29 is 0 Å². The summed E-state index contributed by atoms with van der Waals surface area (Å²) in [6.07, 6.45) is 3.74. The minimum Gasteiger partial charge on any atom is -0.351 e. The van der Waals surface area contributed by atoms with E-state index >= 15 is 0 Å². The van der Waals surface area contributed by atoms with Crippen LogP contribution in [0.25, 0.3) is 10.1 Å². The highest BCUT2D eigenvalue weighted by molar-refractivity contribution is 7.13. The number of fused-ring (bicyclic) bond motifs is 1. The Bertz CT molecular complexity index is 508. The number of benzene rings is 1. The van der Waals surface area contributed by atoms with Gasteiger partial charge in [0.2, 0.25) is 0 Å². The molecule has 2 heterocycles. The summed E-state index contributed by atoms with van der Waals surface area (Å²) in [4.78, 5) is 2.41. The molecule has 90 valence electrons. The summed E-state index contributed by atoms with van der Waals surface area (Å²) in [6, 6.07) is 8.92. The van der Waals surface area contributed by atoms with E-state index in [-0.39, 0.29) is 0 Å². The first-order valence-electron chi connectivity index (χ1n) is 6.21. The molecule has 0 saturated carbocycles. The van der Waals surface area contributed by atoms with Crippen molar-refractivity contribution in [1.82, 2.24) is 4.37 Å². The molecule has 0 unspecified atom stereocenters. The van der Waals surface area contributed by atoms with Crippen LogP contribution in [0.1, 0.15) is 19.3 Å². The van der Waals surface area contributed by atoms with Gasteiger partial charge in [0.1, 0.15) is 5.82 Å². The van der Waals surface area contributed by atoms with Crippen molar-refractivity contribution in [2.45, 2.75) is 25.3 Å². The molecule has 1 atom stereocenters. The zero-order valence-electron chi connectivity index (χ0n) is 9.80. The largest absolute Gasteiger partial charge is 0.351 e. The van der Waals surface area contributed by atoms with E-state index in [1.165, 1.54) is 29.3 Å². The molecule has 2 N–H and O–H groups in total. The minimum absolute atomic E-state index is 0.467. The summed E-state index contributed by atoms with van der Waals surface area (Å²) < 4.78 is 5.90. The Labute approximate surface area is 105 Å². The quantitative estimate of drug-likeness (QED) is 0.887. The maximum absolute atomic E-state index is 5.88. The first-order valence-corrected chi connectivity index (χ1v) is 6.98. The molecule has 0 amide bonds. The molecule has 0 aliphatic carbocycles. The van der Waals surface area contributed by atoms with Crippen molar-refractivity contribution in [3.8, 4) is 0 Å². The van der Waals surface area contributed by atoms with Crippen LogP contribution in [-0.4, -0.2) is 23.5 Å². The first kappa shape index (κ1) is 11.0. The second-order valence-corrected chi connectivity index (χ2v) is 5.39. The zero-order chi connectivity index (χ0) is 11.7. The summed E-state index contributed by atoms with van der Waals surface area (Å²) in [5.74, 6) is 1.14. The Morgan fingerprint density at radius 1 is 1.35 bits per heavy atom. The van der Waals surface area contributed by atoms with Crippen LogP contribution in [0.2, 0.25) is 0 Å². The second-order valence-electron chi connectivity index (χ2n) is 4.58. The molecule has 0 radical (unpaired) electrons. The Hall–Kier alpha value is -1.13. The van der Waals surface area contributed by atoms with Gasteiger partial charge >= 0.3 is 0 Å². The molecule has 3 nitrogen and oxygen atoms in total. The van der Waals surface area contributed by atoms with Crippen LogP contribution in [0.3, 0.4) is 0 Å². The third-order valence-corrected chi connectivity index (χ3v) is 4.35. The molecule has 2 aromatic rings. The molecule has 1 aromatic heterocycles. The molecule has 0 bridgehead atoms. The van der Waals surface area contributed by atoms with Gasteiger partial charge in [-0.2, -0.15) is 4.37 Å². The number of nitrogens with zero attached hydrogens (tertiary/aromatic N) is 2. The lowest BCUT2D eigenvalue weighted by Crippen LogP contribution is -2.44. The van der Waals surface area contributed by atoms with Crippen molar-refractivity contribution in [3.05, 3.63) is 24.3 Å². The molecule has 1 aromatic carbocycles. The average molecular weight is 247 g/mol. The van der Waals surface area contributed by atoms with Crippen molar-refractivity contribution in [2.24, 2.45) is 5.73 Å². The zero-order valence-corrected chi connectivity index (χ0v) is 10.6. The van der Waals surface area contributed by atoms with Crippen LogP contribution in [0.4, 0.5) is 5.82 Å². The fourth-order valence-corrected chi connectivity index (χ4v) is 3.39. The van der Waals surface area contributed by atoms with Crippen LogP contribution < -0.4 is 10.6 Å². The smallest absolute Gasteiger partial charge is 0.150 e. The Balaban J connectivity index is 2.01. The van der Waals surface area contributed by atoms with Crippen molar-refractivity contribution in [3.63, 3.8) is 0 Å². The summed E-state index contributed by atoms with van der Waals surface area (Å²) in [6.45, 7) is 1.82. The Kier molecular flexibility index (Phi) is 2.99. The lowest BCUT2D eigenvalue weighted by atomic mass is 10.0. The number of hydrogen-bond acceptors (Lipinski definition) is 4. The normalized spacial score (nSPS) is 21.0. The predicted octanol–water partition coefficient (Wildman–Crippen LogP) is 2.61. The van der Waals surface area contributed by atoms with Gasteiger partial charge < -0.3 is 10.6 Å². The third kappa shape index (κ3) is 1.91. The van der Waals surface area contributed by atoms with E-state index in [0.29, 0.717) is 6.04 Å². The molecular formula is C13H17N3S. The summed E-state index contributed by atoms with van der Waals surface area (Å²) in [5, 5.41) is 1.28.